The molecule has 2 aromatic heterocycles. The average molecular weight is 330 g/mol. The summed E-state index contributed by atoms with van der Waals surface area (Å²) < 4.78 is 4.53. The maximum absolute atomic E-state index is 12.7. The second-order valence-electron chi connectivity index (χ2n) is 6.50. The van der Waals surface area contributed by atoms with E-state index in [1.54, 1.807) is 0 Å². The Morgan fingerprint density at radius 3 is 1.84 bits per heavy atom. The highest BCUT2D eigenvalue weighted by atomic mass is 16.1. The quantitative estimate of drug-likeness (QED) is 0.367. The van der Waals surface area contributed by atoms with Crippen LogP contribution in [0.3, 0.4) is 0 Å². The van der Waals surface area contributed by atoms with Gasteiger partial charge >= 0.3 is 0 Å². The molecule has 25 heavy (non-hydrogen) atoms. The zero-order valence-corrected chi connectivity index (χ0v) is 14.3. The molecule has 0 spiro atoms. The molecule has 126 valence electrons. The lowest BCUT2D eigenvalue weighted by Crippen LogP contribution is -2.11. The third-order valence-corrected chi connectivity index (χ3v) is 4.84. The van der Waals surface area contributed by atoms with Gasteiger partial charge in [-0.2, -0.15) is 0 Å². The van der Waals surface area contributed by atoms with Gasteiger partial charge in [-0.25, -0.2) is 0 Å². The molecular formula is C22H22N2O. The SMILES string of the molecule is O=c1c2ccccc2n(CCCCCn2cccc2)c2ccccc12. The Kier molecular flexibility index (Phi) is 4.38. The van der Waals surface area contributed by atoms with E-state index in [-0.39, 0.29) is 5.43 Å². The van der Waals surface area contributed by atoms with Gasteiger partial charge < -0.3 is 9.13 Å². The van der Waals surface area contributed by atoms with Crippen LogP contribution in [0, 0.1) is 0 Å². The number of aryl methyl sites for hydroxylation is 2. The standard InChI is InChI=1S/C22H22N2O/c25-22-18-10-2-4-12-20(18)24(21-13-5-3-11-19(21)22)17-7-1-6-14-23-15-8-9-16-23/h2-5,8-13,15-16H,1,6-7,14,17H2. The van der Waals surface area contributed by atoms with Crippen LogP contribution in [0.1, 0.15) is 19.3 Å². The molecule has 0 N–H and O–H groups in total. The first-order valence-electron chi connectivity index (χ1n) is 8.95. The Morgan fingerprint density at radius 1 is 0.640 bits per heavy atom. The first kappa shape index (κ1) is 15.7. The molecule has 0 saturated carbocycles. The van der Waals surface area contributed by atoms with Crippen molar-refractivity contribution < 1.29 is 0 Å². The van der Waals surface area contributed by atoms with Crippen LogP contribution < -0.4 is 5.43 Å². The minimum atomic E-state index is 0.134. The Morgan fingerprint density at radius 2 is 1.20 bits per heavy atom. The van der Waals surface area contributed by atoms with Crippen molar-refractivity contribution in [2.45, 2.75) is 32.4 Å². The second-order valence-corrected chi connectivity index (χ2v) is 6.50. The number of para-hydroxylation sites is 2. The largest absolute Gasteiger partial charge is 0.354 e. The van der Waals surface area contributed by atoms with E-state index < -0.39 is 0 Å². The number of pyridine rings is 1. The van der Waals surface area contributed by atoms with Crippen LogP contribution in [0.5, 0.6) is 0 Å². The smallest absolute Gasteiger partial charge is 0.197 e. The highest BCUT2D eigenvalue weighted by Crippen LogP contribution is 2.20. The molecule has 3 nitrogen and oxygen atoms in total. The average Bonchev–Trinajstić information content (AvgIpc) is 3.17. The monoisotopic (exact) mass is 330 g/mol. The van der Waals surface area contributed by atoms with Gasteiger partial charge in [0.2, 0.25) is 0 Å². The molecule has 0 radical (unpaired) electrons. The number of benzene rings is 2. The van der Waals surface area contributed by atoms with E-state index in [2.05, 4.69) is 45.8 Å². The highest BCUT2D eigenvalue weighted by Gasteiger charge is 2.09. The molecule has 0 unspecified atom stereocenters. The van der Waals surface area contributed by atoms with E-state index >= 15 is 0 Å². The molecule has 2 heterocycles. The first-order valence-corrected chi connectivity index (χ1v) is 8.95. The Hall–Kier alpha value is -2.81. The molecule has 2 aromatic carbocycles. The van der Waals surface area contributed by atoms with Crippen LogP contribution in [0.25, 0.3) is 21.8 Å². The topological polar surface area (TPSA) is 26.9 Å². The zero-order valence-electron chi connectivity index (χ0n) is 14.3. The van der Waals surface area contributed by atoms with Gasteiger partial charge in [0.15, 0.2) is 5.43 Å². The predicted molar refractivity (Wildman–Crippen MR) is 104 cm³/mol. The van der Waals surface area contributed by atoms with Crippen molar-refractivity contribution >= 4 is 21.8 Å². The van der Waals surface area contributed by atoms with Crippen molar-refractivity contribution in [2.75, 3.05) is 0 Å². The third-order valence-electron chi connectivity index (χ3n) is 4.84. The maximum atomic E-state index is 12.7. The van der Waals surface area contributed by atoms with Gasteiger partial charge in [-0.05, 0) is 55.7 Å². The van der Waals surface area contributed by atoms with Crippen molar-refractivity contribution in [3.8, 4) is 0 Å². The number of fused-ring (bicyclic) bond motifs is 2. The van der Waals surface area contributed by atoms with Crippen LogP contribution in [0.15, 0.2) is 77.9 Å². The Bertz CT molecular complexity index is 985. The summed E-state index contributed by atoms with van der Waals surface area (Å²) in [4.78, 5) is 12.7. The summed E-state index contributed by atoms with van der Waals surface area (Å²) >= 11 is 0. The molecular weight excluding hydrogens is 308 g/mol. The molecule has 4 rings (SSSR count). The van der Waals surface area contributed by atoms with E-state index in [4.69, 9.17) is 0 Å². The van der Waals surface area contributed by atoms with Gasteiger partial charge in [0.25, 0.3) is 0 Å². The summed E-state index contributed by atoms with van der Waals surface area (Å²) in [6, 6.07) is 20.0. The number of hydrogen-bond acceptors (Lipinski definition) is 1. The summed E-state index contributed by atoms with van der Waals surface area (Å²) in [6.45, 7) is 2.01. The number of aromatic nitrogens is 2. The zero-order chi connectivity index (χ0) is 17.1. The van der Waals surface area contributed by atoms with Crippen LogP contribution in [0.2, 0.25) is 0 Å². The lowest BCUT2D eigenvalue weighted by atomic mass is 10.1. The summed E-state index contributed by atoms with van der Waals surface area (Å²) in [6.07, 6.45) is 7.68. The van der Waals surface area contributed by atoms with E-state index in [1.165, 1.54) is 12.8 Å². The number of nitrogens with zero attached hydrogens (tertiary/aromatic N) is 2. The molecule has 0 amide bonds. The molecule has 0 aliphatic rings. The Balaban J connectivity index is 1.59. The minimum absolute atomic E-state index is 0.134. The lowest BCUT2D eigenvalue weighted by Gasteiger charge is -2.15. The lowest BCUT2D eigenvalue weighted by molar-refractivity contribution is 0.557. The van der Waals surface area contributed by atoms with Crippen molar-refractivity contribution in [1.82, 2.24) is 9.13 Å². The minimum Gasteiger partial charge on any atom is -0.354 e. The molecule has 3 heteroatoms. The van der Waals surface area contributed by atoms with Crippen LogP contribution in [-0.2, 0) is 13.1 Å². The highest BCUT2D eigenvalue weighted by molar-refractivity contribution is 5.93. The van der Waals surface area contributed by atoms with Gasteiger partial charge in [-0.15, -0.1) is 0 Å². The van der Waals surface area contributed by atoms with E-state index in [9.17, 15) is 4.79 Å². The van der Waals surface area contributed by atoms with Crippen molar-refractivity contribution in [1.29, 1.82) is 0 Å². The fourth-order valence-corrected chi connectivity index (χ4v) is 3.58. The van der Waals surface area contributed by atoms with Crippen molar-refractivity contribution in [3.63, 3.8) is 0 Å². The van der Waals surface area contributed by atoms with Crippen molar-refractivity contribution in [3.05, 3.63) is 83.3 Å². The van der Waals surface area contributed by atoms with Crippen LogP contribution >= 0.6 is 0 Å². The van der Waals surface area contributed by atoms with Gasteiger partial charge in [-0.1, -0.05) is 24.3 Å². The molecule has 0 atom stereocenters. The number of unbranched alkanes of at least 4 members (excludes halogenated alkanes) is 2. The van der Waals surface area contributed by atoms with E-state index in [0.29, 0.717) is 0 Å². The van der Waals surface area contributed by atoms with E-state index in [1.807, 2.05) is 36.4 Å². The van der Waals surface area contributed by atoms with Gasteiger partial charge in [0.1, 0.15) is 0 Å². The van der Waals surface area contributed by atoms with Crippen LogP contribution in [-0.4, -0.2) is 9.13 Å². The van der Waals surface area contributed by atoms with Gasteiger partial charge in [0, 0.05) is 36.3 Å². The predicted octanol–water partition coefficient (Wildman–Crippen LogP) is 4.83. The fraction of sp³-hybridized carbons (Fsp3) is 0.227. The summed E-state index contributed by atoms with van der Waals surface area (Å²) in [5, 5.41) is 1.63. The maximum Gasteiger partial charge on any atom is 0.197 e. The molecule has 0 fully saturated rings. The molecule has 0 bridgehead atoms. The van der Waals surface area contributed by atoms with E-state index in [0.717, 1.165) is 41.3 Å². The first-order chi connectivity index (χ1) is 12.3. The normalized spacial score (nSPS) is 11.4. The molecule has 0 aliphatic heterocycles. The van der Waals surface area contributed by atoms with Crippen molar-refractivity contribution in [2.24, 2.45) is 0 Å². The number of hydrogen-bond donors (Lipinski definition) is 0. The summed E-state index contributed by atoms with van der Waals surface area (Å²) in [5.41, 5.74) is 2.21. The Labute approximate surface area is 147 Å². The fourth-order valence-electron chi connectivity index (χ4n) is 3.58. The number of rotatable bonds is 6. The molecule has 0 saturated heterocycles. The van der Waals surface area contributed by atoms with Gasteiger partial charge in [-0.3, -0.25) is 4.79 Å². The second kappa shape index (κ2) is 6.98. The molecule has 4 aromatic rings. The molecule has 0 aliphatic carbocycles. The van der Waals surface area contributed by atoms with Crippen LogP contribution in [0.4, 0.5) is 0 Å². The summed E-state index contributed by atoms with van der Waals surface area (Å²) in [7, 11) is 0. The third kappa shape index (κ3) is 3.10. The summed E-state index contributed by atoms with van der Waals surface area (Å²) in [5.74, 6) is 0. The van der Waals surface area contributed by atoms with Gasteiger partial charge in [0.05, 0.1) is 11.0 Å².